The lowest BCUT2D eigenvalue weighted by Gasteiger charge is -2.33. The molecule has 0 saturated carbocycles. The highest BCUT2D eigenvalue weighted by Gasteiger charge is 2.25. The number of nitrogens with zero attached hydrogens (tertiary/aromatic N) is 4. The largest absolute Gasteiger partial charge is 0.458 e. The Hall–Kier alpha value is -3.25. The van der Waals surface area contributed by atoms with E-state index >= 15 is 0 Å². The van der Waals surface area contributed by atoms with E-state index < -0.39 is 15.7 Å². The van der Waals surface area contributed by atoms with Gasteiger partial charge < -0.3 is 24.7 Å². The Morgan fingerprint density at radius 2 is 2.08 bits per heavy atom. The first-order valence-corrected chi connectivity index (χ1v) is 14.0. The molecule has 1 atom stereocenters. The highest BCUT2D eigenvalue weighted by atomic mass is 32.2. The molecule has 2 N–H and O–H groups in total. The first-order chi connectivity index (χ1) is 17.2. The molecule has 3 aromatic heterocycles. The summed E-state index contributed by atoms with van der Waals surface area (Å²) in [5.41, 5.74) is 2.28. The number of aromatic amines is 1. The van der Waals surface area contributed by atoms with Crippen LogP contribution in [0.1, 0.15) is 41.7 Å². The van der Waals surface area contributed by atoms with Crippen molar-refractivity contribution in [3.05, 3.63) is 41.9 Å². The average Bonchev–Trinajstić information content (AvgIpc) is 3.27. The van der Waals surface area contributed by atoms with Crippen molar-refractivity contribution in [1.82, 2.24) is 25.3 Å². The summed E-state index contributed by atoms with van der Waals surface area (Å²) in [7, 11) is -1.62. The Morgan fingerprint density at radius 1 is 1.31 bits per heavy atom. The van der Waals surface area contributed by atoms with Gasteiger partial charge in [-0.2, -0.15) is 9.97 Å². The number of carbonyl (C=O) groups excluding carboxylic acids is 1. The number of hydrogen-bond acceptors (Lipinski definition) is 9. The van der Waals surface area contributed by atoms with Crippen molar-refractivity contribution in [3.63, 3.8) is 0 Å². The number of H-pyrrole nitrogens is 1. The molecule has 36 heavy (non-hydrogen) atoms. The summed E-state index contributed by atoms with van der Waals surface area (Å²) >= 11 is 0. The molecule has 1 fully saturated rings. The van der Waals surface area contributed by atoms with Crippen LogP contribution < -0.4 is 15.0 Å². The zero-order valence-corrected chi connectivity index (χ0v) is 21.5. The molecule has 1 saturated heterocycles. The van der Waals surface area contributed by atoms with Crippen LogP contribution in [0, 0.1) is 0 Å². The van der Waals surface area contributed by atoms with Crippen molar-refractivity contribution in [2.75, 3.05) is 50.3 Å². The van der Waals surface area contributed by atoms with Crippen molar-refractivity contribution < 1.29 is 22.7 Å². The van der Waals surface area contributed by atoms with E-state index in [0.717, 1.165) is 43.2 Å². The Morgan fingerprint density at radius 3 is 2.81 bits per heavy atom. The number of carbonyl (C=O) groups is 1. The summed E-state index contributed by atoms with van der Waals surface area (Å²) in [6.07, 6.45) is 6.47. The third kappa shape index (κ3) is 6.49. The number of amides is 1. The third-order valence-electron chi connectivity index (χ3n) is 6.13. The number of anilines is 1. The van der Waals surface area contributed by atoms with Crippen LogP contribution in [0.5, 0.6) is 6.01 Å². The molecular formula is C24H32N6O5S. The van der Waals surface area contributed by atoms with Crippen molar-refractivity contribution in [3.8, 4) is 6.01 Å². The summed E-state index contributed by atoms with van der Waals surface area (Å²) in [5.74, 6) is 0.351. The van der Waals surface area contributed by atoms with Gasteiger partial charge in [0.15, 0.2) is 0 Å². The predicted octanol–water partition coefficient (Wildman–Crippen LogP) is 1.93. The number of methoxy groups -OCH3 is 1. The highest BCUT2D eigenvalue weighted by Crippen LogP contribution is 2.34. The van der Waals surface area contributed by atoms with Gasteiger partial charge in [-0.3, -0.25) is 4.79 Å². The normalized spacial score (nSPS) is 15.7. The first kappa shape index (κ1) is 25.8. The van der Waals surface area contributed by atoms with Crippen LogP contribution in [0.2, 0.25) is 0 Å². The van der Waals surface area contributed by atoms with Gasteiger partial charge in [0.2, 0.25) is 0 Å². The monoisotopic (exact) mass is 516 g/mol. The van der Waals surface area contributed by atoms with Crippen molar-refractivity contribution in [1.29, 1.82) is 0 Å². The number of hydrogen-bond donors (Lipinski definition) is 2. The van der Waals surface area contributed by atoms with Crippen LogP contribution in [-0.4, -0.2) is 85.7 Å². The molecular weight excluding hydrogens is 484 g/mol. The van der Waals surface area contributed by atoms with Gasteiger partial charge in [0.05, 0.1) is 12.4 Å². The van der Waals surface area contributed by atoms with E-state index in [1.54, 1.807) is 19.4 Å². The molecule has 1 amide bonds. The van der Waals surface area contributed by atoms with Crippen LogP contribution >= 0.6 is 0 Å². The second kappa shape index (κ2) is 11.2. The van der Waals surface area contributed by atoms with E-state index in [4.69, 9.17) is 9.47 Å². The summed E-state index contributed by atoms with van der Waals surface area (Å²) in [4.78, 5) is 31.4. The third-order valence-corrected chi connectivity index (χ3v) is 7.08. The minimum Gasteiger partial charge on any atom is -0.458 e. The smallest absolute Gasteiger partial charge is 0.319 e. The van der Waals surface area contributed by atoms with Gasteiger partial charge in [-0.25, -0.2) is 13.4 Å². The summed E-state index contributed by atoms with van der Waals surface area (Å²) < 4.78 is 33.8. The van der Waals surface area contributed by atoms with E-state index in [1.165, 1.54) is 5.56 Å². The van der Waals surface area contributed by atoms with E-state index in [0.29, 0.717) is 18.3 Å². The fourth-order valence-corrected chi connectivity index (χ4v) is 4.84. The molecule has 194 valence electrons. The zero-order chi connectivity index (χ0) is 25.7. The Labute approximate surface area is 210 Å². The molecule has 1 aliphatic heterocycles. The summed E-state index contributed by atoms with van der Waals surface area (Å²) in [5, 5.41) is 3.76. The van der Waals surface area contributed by atoms with Crippen LogP contribution in [0.15, 0.2) is 30.6 Å². The Bertz CT molecular complexity index is 1300. The van der Waals surface area contributed by atoms with E-state index in [1.807, 2.05) is 19.2 Å². The van der Waals surface area contributed by atoms with Crippen LogP contribution in [0.4, 0.5) is 5.82 Å². The van der Waals surface area contributed by atoms with Crippen molar-refractivity contribution in [2.45, 2.75) is 31.8 Å². The summed E-state index contributed by atoms with van der Waals surface area (Å²) in [6, 6.07) is 5.74. The van der Waals surface area contributed by atoms with Gasteiger partial charge in [-0.15, -0.1) is 0 Å². The lowest BCUT2D eigenvalue weighted by atomic mass is 9.89. The maximum atomic E-state index is 12.8. The van der Waals surface area contributed by atoms with Gasteiger partial charge in [-0.05, 0) is 43.4 Å². The number of piperidine rings is 1. The van der Waals surface area contributed by atoms with Crippen LogP contribution in [-0.2, 0) is 14.6 Å². The summed E-state index contributed by atoms with van der Waals surface area (Å²) in [6.45, 7) is 3.66. The lowest BCUT2D eigenvalue weighted by molar-refractivity contribution is 0.0843. The van der Waals surface area contributed by atoms with Gasteiger partial charge in [0.25, 0.3) is 5.91 Å². The molecule has 1 unspecified atom stereocenters. The number of aromatic nitrogens is 4. The Kier molecular flexibility index (Phi) is 8.04. The molecule has 0 spiro atoms. The van der Waals surface area contributed by atoms with Crippen molar-refractivity contribution in [2.24, 2.45) is 0 Å². The fourth-order valence-electron chi connectivity index (χ4n) is 4.37. The quantitative estimate of drug-likeness (QED) is 0.414. The molecule has 0 aliphatic carbocycles. The number of pyridine rings is 1. The van der Waals surface area contributed by atoms with Gasteiger partial charge in [0, 0.05) is 56.8 Å². The molecule has 11 nitrogen and oxygen atoms in total. The Balaban J connectivity index is 1.50. The van der Waals surface area contributed by atoms with Gasteiger partial charge in [0.1, 0.15) is 33.1 Å². The zero-order valence-electron chi connectivity index (χ0n) is 20.7. The molecule has 4 heterocycles. The van der Waals surface area contributed by atoms with E-state index in [-0.39, 0.29) is 30.1 Å². The maximum absolute atomic E-state index is 12.8. The average molecular weight is 517 g/mol. The molecule has 0 radical (unpaired) electrons. The molecule has 1 aliphatic rings. The fraction of sp³-hybridized carbons (Fsp3) is 0.500. The number of sulfone groups is 1. The number of nitrogens with one attached hydrogen (secondary N) is 2. The van der Waals surface area contributed by atoms with Crippen LogP contribution in [0.25, 0.3) is 11.0 Å². The van der Waals surface area contributed by atoms with Crippen molar-refractivity contribution >= 4 is 32.6 Å². The molecule has 0 aromatic carbocycles. The molecule has 12 heteroatoms. The maximum Gasteiger partial charge on any atom is 0.319 e. The second-order valence-corrected chi connectivity index (χ2v) is 11.3. The van der Waals surface area contributed by atoms with E-state index in [9.17, 15) is 13.2 Å². The predicted molar refractivity (Wildman–Crippen MR) is 136 cm³/mol. The first-order valence-electron chi connectivity index (χ1n) is 11.9. The molecule has 4 rings (SSSR count). The standard InChI is InChI=1S/C24H32N6O5S/c1-16(15-34-2)35-24-28-20(23(31)26-9-12-36(3,32)33)13-21(29-24)30-10-6-17(7-11-30)19-14-27-22-18(19)5-4-8-25-22/h4-5,8,13-14,16-17H,6-7,9-12,15H2,1-3H3,(H,25,27)(H,26,31). The minimum absolute atomic E-state index is 0.00184. The highest BCUT2D eigenvalue weighted by molar-refractivity contribution is 7.90. The minimum atomic E-state index is -3.20. The lowest BCUT2D eigenvalue weighted by Crippen LogP contribution is -2.34. The SMILES string of the molecule is COCC(C)Oc1nc(C(=O)NCCS(C)(=O)=O)cc(N2CCC(c3c[nH]c4ncccc34)CC2)n1. The van der Waals surface area contributed by atoms with Gasteiger partial charge >= 0.3 is 6.01 Å². The van der Waals surface area contributed by atoms with Gasteiger partial charge in [-0.1, -0.05) is 0 Å². The number of ether oxygens (including phenoxy) is 2. The topological polar surface area (TPSA) is 139 Å². The molecule has 3 aromatic rings. The van der Waals surface area contributed by atoms with Crippen LogP contribution in [0.3, 0.4) is 0 Å². The number of rotatable bonds is 10. The number of fused-ring (bicyclic) bond motifs is 1. The second-order valence-electron chi connectivity index (χ2n) is 9.07. The molecule has 0 bridgehead atoms. The van der Waals surface area contributed by atoms with E-state index in [2.05, 4.69) is 36.2 Å².